The summed E-state index contributed by atoms with van der Waals surface area (Å²) >= 11 is 0. The van der Waals surface area contributed by atoms with Crippen molar-refractivity contribution in [3.8, 4) is 0 Å². The minimum Gasteiger partial charge on any atom is -0.479 e. The van der Waals surface area contributed by atoms with E-state index in [1.165, 1.54) is 0 Å². The van der Waals surface area contributed by atoms with Gasteiger partial charge in [-0.15, -0.1) is 0 Å². The maximum absolute atomic E-state index is 9.86. The van der Waals surface area contributed by atoms with Crippen molar-refractivity contribution >= 4 is 5.97 Å². The molecule has 1 heterocycles. The molecule has 0 spiro atoms. The van der Waals surface area contributed by atoms with E-state index in [2.05, 4.69) is 4.74 Å². The van der Waals surface area contributed by atoms with E-state index in [0.29, 0.717) is 13.0 Å². The van der Waals surface area contributed by atoms with Crippen LogP contribution in [0.5, 0.6) is 0 Å². The minimum absolute atomic E-state index is 0.500. The van der Waals surface area contributed by atoms with Crippen LogP contribution in [0.25, 0.3) is 0 Å². The van der Waals surface area contributed by atoms with E-state index in [-0.39, 0.29) is 0 Å². The first-order valence-electron chi connectivity index (χ1n) is 2.15. The van der Waals surface area contributed by atoms with Crippen LogP contribution in [0.1, 0.15) is 6.42 Å². The molecule has 0 radical (unpaired) electrons. The number of aliphatic carboxylic acids is 1. The van der Waals surface area contributed by atoms with E-state index in [4.69, 9.17) is 5.11 Å². The first kappa shape index (κ1) is 4.59. The van der Waals surface area contributed by atoms with Gasteiger partial charge in [0.15, 0.2) is 6.10 Å². The van der Waals surface area contributed by atoms with Crippen LogP contribution >= 0.6 is 0 Å². The molecule has 1 atom stereocenters. The molecule has 0 bridgehead atoms. The summed E-state index contributed by atoms with van der Waals surface area (Å²) in [5.41, 5.74) is 0. The highest BCUT2D eigenvalue weighted by atomic mass is 16.5. The summed E-state index contributed by atoms with van der Waals surface area (Å²) in [6, 6.07) is 0. The lowest BCUT2D eigenvalue weighted by atomic mass is 10.2. The van der Waals surface area contributed by atoms with Crippen molar-refractivity contribution in [3.05, 3.63) is 0 Å². The van der Waals surface area contributed by atoms with Gasteiger partial charge >= 0.3 is 5.97 Å². The van der Waals surface area contributed by atoms with Crippen LogP contribution in [0.3, 0.4) is 0 Å². The minimum atomic E-state index is -0.841. The first-order chi connectivity index (χ1) is 3.30. The summed E-state index contributed by atoms with van der Waals surface area (Å²) in [5.74, 6) is -0.841. The molecule has 0 saturated carbocycles. The van der Waals surface area contributed by atoms with E-state index in [9.17, 15) is 4.79 Å². The largest absolute Gasteiger partial charge is 0.479 e. The summed E-state index contributed by atoms with van der Waals surface area (Å²) in [7, 11) is 0. The highest BCUT2D eigenvalue weighted by Gasteiger charge is 2.24. The topological polar surface area (TPSA) is 46.5 Å². The first-order valence-corrected chi connectivity index (χ1v) is 2.15. The Morgan fingerprint density at radius 1 is 1.86 bits per heavy atom. The highest BCUT2D eigenvalue weighted by molar-refractivity contribution is 5.72. The number of carboxylic acids is 1. The fraction of sp³-hybridized carbons (Fsp3) is 0.750. The summed E-state index contributed by atoms with van der Waals surface area (Å²) < 4.78 is 4.59. The maximum Gasteiger partial charge on any atom is 0.332 e. The molecule has 1 aliphatic heterocycles. The van der Waals surface area contributed by atoms with Crippen LogP contribution in [0, 0.1) is 0 Å². The van der Waals surface area contributed by atoms with Crippen molar-refractivity contribution in [2.75, 3.05) is 6.61 Å². The zero-order valence-electron chi connectivity index (χ0n) is 3.76. The monoisotopic (exact) mass is 102 g/mol. The third kappa shape index (κ3) is 0.718. The van der Waals surface area contributed by atoms with Gasteiger partial charge in [-0.2, -0.15) is 0 Å². The van der Waals surface area contributed by atoms with E-state index < -0.39 is 12.1 Å². The second kappa shape index (κ2) is 1.50. The van der Waals surface area contributed by atoms with Gasteiger partial charge in [0.1, 0.15) is 0 Å². The number of carbonyl (C=O) groups is 1. The van der Waals surface area contributed by atoms with Gasteiger partial charge in [0, 0.05) is 6.42 Å². The smallest absolute Gasteiger partial charge is 0.332 e. The molecule has 3 heteroatoms. The summed E-state index contributed by atoms with van der Waals surface area (Å²) in [4.78, 5) is 9.86. The van der Waals surface area contributed by atoms with Gasteiger partial charge in [0.05, 0.1) is 6.61 Å². The second-order valence-electron chi connectivity index (χ2n) is 1.49. The van der Waals surface area contributed by atoms with E-state index in [1.54, 1.807) is 0 Å². The van der Waals surface area contributed by atoms with E-state index in [0.717, 1.165) is 0 Å². The molecule has 40 valence electrons. The molecular formula is C4H6O3. The summed E-state index contributed by atoms with van der Waals surface area (Å²) in [5, 5.41) is 8.11. The Hall–Kier alpha value is -0.570. The third-order valence-electron chi connectivity index (χ3n) is 0.975. The number of rotatable bonds is 1. The van der Waals surface area contributed by atoms with Crippen molar-refractivity contribution in [1.82, 2.24) is 0 Å². The standard InChI is InChI=1S/C4H6O3/c5-4(6)3-1-2-7-3/h3H,1-2H2,(H,5,6)/t3-/m1/s1. The van der Waals surface area contributed by atoms with E-state index >= 15 is 0 Å². The SMILES string of the molecule is O=C(O)[C@H]1CCO1. The number of ether oxygens (including phenoxy) is 1. The molecule has 0 aromatic heterocycles. The van der Waals surface area contributed by atoms with Crippen LogP contribution in [0.2, 0.25) is 0 Å². The Balaban J connectivity index is 2.27. The molecule has 0 aromatic carbocycles. The number of carboxylic acid groups (broad SMARTS) is 1. The molecule has 0 unspecified atom stereocenters. The summed E-state index contributed by atoms with van der Waals surface area (Å²) in [6.45, 7) is 0.608. The van der Waals surface area contributed by atoms with Crippen LogP contribution < -0.4 is 0 Å². The van der Waals surface area contributed by atoms with Crippen LogP contribution in [0.15, 0.2) is 0 Å². The lowest BCUT2D eigenvalue weighted by Gasteiger charge is -2.21. The van der Waals surface area contributed by atoms with Crippen LogP contribution in [-0.2, 0) is 9.53 Å². The second-order valence-corrected chi connectivity index (χ2v) is 1.49. The van der Waals surface area contributed by atoms with Crippen LogP contribution in [-0.4, -0.2) is 23.8 Å². The molecule has 1 rings (SSSR count). The maximum atomic E-state index is 9.86. The molecule has 1 N–H and O–H groups in total. The van der Waals surface area contributed by atoms with Gasteiger partial charge in [-0.05, 0) is 0 Å². The van der Waals surface area contributed by atoms with Crippen molar-refractivity contribution in [1.29, 1.82) is 0 Å². The Bertz CT molecular complexity index is 84.9. The van der Waals surface area contributed by atoms with Gasteiger partial charge in [-0.3, -0.25) is 0 Å². The average molecular weight is 102 g/mol. The lowest BCUT2D eigenvalue weighted by Crippen LogP contribution is -2.34. The molecule has 1 saturated heterocycles. The van der Waals surface area contributed by atoms with Gasteiger partial charge in [-0.25, -0.2) is 4.79 Å². The average Bonchev–Trinajstić information content (AvgIpc) is 1.23. The Morgan fingerprint density at radius 3 is 2.43 bits per heavy atom. The summed E-state index contributed by atoms with van der Waals surface area (Å²) in [6.07, 6.45) is 0.176. The molecule has 0 amide bonds. The molecule has 1 aliphatic rings. The fourth-order valence-corrected chi connectivity index (χ4v) is 0.430. The molecular weight excluding hydrogens is 96.0 g/mol. The zero-order chi connectivity index (χ0) is 5.28. The Kier molecular flexibility index (Phi) is 0.982. The van der Waals surface area contributed by atoms with Crippen molar-refractivity contribution in [3.63, 3.8) is 0 Å². The predicted molar refractivity (Wildman–Crippen MR) is 22.0 cm³/mol. The fourth-order valence-electron chi connectivity index (χ4n) is 0.430. The Morgan fingerprint density at radius 2 is 2.43 bits per heavy atom. The molecule has 0 aliphatic carbocycles. The van der Waals surface area contributed by atoms with Gasteiger partial charge in [0.2, 0.25) is 0 Å². The zero-order valence-corrected chi connectivity index (χ0v) is 3.76. The highest BCUT2D eigenvalue weighted by Crippen LogP contribution is 2.09. The number of hydrogen-bond acceptors (Lipinski definition) is 2. The molecule has 0 aromatic rings. The van der Waals surface area contributed by atoms with Crippen LogP contribution in [0.4, 0.5) is 0 Å². The van der Waals surface area contributed by atoms with Gasteiger partial charge < -0.3 is 9.84 Å². The van der Waals surface area contributed by atoms with Gasteiger partial charge in [-0.1, -0.05) is 0 Å². The van der Waals surface area contributed by atoms with Crippen molar-refractivity contribution in [2.45, 2.75) is 12.5 Å². The third-order valence-corrected chi connectivity index (χ3v) is 0.975. The predicted octanol–water partition coefficient (Wildman–Crippen LogP) is -0.140. The molecule has 3 nitrogen and oxygen atoms in total. The van der Waals surface area contributed by atoms with Crippen molar-refractivity contribution in [2.24, 2.45) is 0 Å². The van der Waals surface area contributed by atoms with Crippen molar-refractivity contribution < 1.29 is 14.6 Å². The molecule has 7 heavy (non-hydrogen) atoms. The normalized spacial score (nSPS) is 28.9. The Labute approximate surface area is 40.9 Å². The molecule has 1 fully saturated rings. The van der Waals surface area contributed by atoms with Gasteiger partial charge in [0.25, 0.3) is 0 Å². The van der Waals surface area contributed by atoms with E-state index in [1.807, 2.05) is 0 Å². The lowest BCUT2D eigenvalue weighted by molar-refractivity contribution is -0.162. The quantitative estimate of drug-likeness (QED) is 0.501. The number of hydrogen-bond donors (Lipinski definition) is 1.